The maximum Gasteiger partial charge on any atom is 0.244 e. The second-order valence-corrected chi connectivity index (χ2v) is 11.3. The second kappa shape index (κ2) is 9.97. The van der Waals surface area contributed by atoms with Crippen LogP contribution in [0.3, 0.4) is 0 Å². The van der Waals surface area contributed by atoms with Gasteiger partial charge in [-0.3, -0.25) is 14.6 Å². The Hall–Kier alpha value is -2.56. The molecule has 1 aromatic carbocycles. The number of sulfonamides is 1. The van der Waals surface area contributed by atoms with E-state index in [1.807, 2.05) is 18.2 Å². The number of anilines is 1. The first-order valence-electron chi connectivity index (χ1n) is 11.1. The quantitative estimate of drug-likeness (QED) is 0.558. The number of piperidine rings is 1. The summed E-state index contributed by atoms with van der Waals surface area (Å²) < 4.78 is 29.7. The van der Waals surface area contributed by atoms with Crippen molar-refractivity contribution in [3.05, 3.63) is 65.4 Å². The maximum absolute atomic E-state index is 13.9. The van der Waals surface area contributed by atoms with Gasteiger partial charge in [0.2, 0.25) is 21.8 Å². The highest BCUT2D eigenvalue weighted by atomic mass is 79.9. The summed E-state index contributed by atoms with van der Waals surface area (Å²) in [6, 6.07) is 8.87. The zero-order valence-corrected chi connectivity index (χ0v) is 21.3. The predicted octanol–water partition coefficient (Wildman–Crippen LogP) is 3.56. The average Bonchev–Trinajstić information content (AvgIpc) is 2.88. The molecule has 2 aliphatic rings. The number of hydrogen-bond donors (Lipinski definition) is 1. The van der Waals surface area contributed by atoms with Gasteiger partial charge in [-0.25, -0.2) is 8.42 Å². The first-order chi connectivity index (χ1) is 16.2. The second-order valence-electron chi connectivity index (χ2n) is 8.61. The molecule has 2 aliphatic heterocycles. The Morgan fingerprint density at radius 1 is 1.29 bits per heavy atom. The standard InChI is InChI=1S/C24H27BrN4O4S/c1-3-17-14-28(15-18-7-4-5-12-26-18)24(31)23-9-6-8-22(17)29(23)34(32,33)19-10-11-21(20(25)13-19)27-16(2)30/h3-5,7,10-13,17,22-23H,1,6,8-9,14-15H2,2H3,(H,27,30)/t17-,22-,23+/m1/s1. The average molecular weight is 547 g/mol. The topological polar surface area (TPSA) is 99.7 Å². The van der Waals surface area contributed by atoms with Gasteiger partial charge < -0.3 is 10.2 Å². The molecule has 0 radical (unpaired) electrons. The van der Waals surface area contributed by atoms with Gasteiger partial charge in [-0.2, -0.15) is 4.31 Å². The molecular weight excluding hydrogens is 520 g/mol. The normalized spacial score (nSPS) is 23.3. The summed E-state index contributed by atoms with van der Waals surface area (Å²) in [4.78, 5) is 31.2. The number of nitrogens with one attached hydrogen (secondary N) is 1. The first kappa shape index (κ1) is 24.6. The molecule has 1 N–H and O–H groups in total. The van der Waals surface area contributed by atoms with E-state index in [0.29, 0.717) is 36.1 Å². The highest BCUT2D eigenvalue weighted by Gasteiger charge is 2.49. The van der Waals surface area contributed by atoms with Crippen LogP contribution in [0, 0.1) is 5.92 Å². The number of pyridine rings is 1. The molecule has 2 fully saturated rings. The van der Waals surface area contributed by atoms with Crippen molar-refractivity contribution in [2.45, 2.75) is 49.7 Å². The molecule has 0 aliphatic carbocycles. The van der Waals surface area contributed by atoms with E-state index in [2.05, 4.69) is 32.8 Å². The van der Waals surface area contributed by atoms with Crippen LogP contribution >= 0.6 is 15.9 Å². The molecule has 3 heterocycles. The summed E-state index contributed by atoms with van der Waals surface area (Å²) >= 11 is 3.36. The highest BCUT2D eigenvalue weighted by molar-refractivity contribution is 9.10. The molecule has 10 heteroatoms. The lowest BCUT2D eigenvalue weighted by molar-refractivity contribution is -0.135. The minimum absolute atomic E-state index is 0.0687. The van der Waals surface area contributed by atoms with Gasteiger partial charge in [0.25, 0.3) is 0 Å². The zero-order valence-electron chi connectivity index (χ0n) is 18.9. The lowest BCUT2D eigenvalue weighted by Gasteiger charge is -2.40. The van der Waals surface area contributed by atoms with Crippen molar-refractivity contribution in [3.63, 3.8) is 0 Å². The molecule has 4 rings (SSSR count). The molecule has 8 nitrogen and oxygen atoms in total. The molecule has 2 saturated heterocycles. The van der Waals surface area contributed by atoms with Crippen LogP contribution in [0.4, 0.5) is 5.69 Å². The minimum Gasteiger partial charge on any atom is -0.335 e. The molecule has 2 bridgehead atoms. The third kappa shape index (κ3) is 4.80. The van der Waals surface area contributed by atoms with Crippen LogP contribution in [0.2, 0.25) is 0 Å². The lowest BCUT2D eigenvalue weighted by Crippen LogP contribution is -2.54. The van der Waals surface area contributed by atoms with E-state index in [1.165, 1.54) is 23.4 Å². The van der Waals surface area contributed by atoms with Crippen molar-refractivity contribution in [2.75, 3.05) is 11.9 Å². The van der Waals surface area contributed by atoms with Gasteiger partial charge in [0, 0.05) is 36.1 Å². The van der Waals surface area contributed by atoms with Gasteiger partial charge in [-0.05, 0) is 65.5 Å². The number of halogens is 1. The van der Waals surface area contributed by atoms with Crippen LogP contribution in [0.15, 0.2) is 64.6 Å². The Balaban J connectivity index is 1.72. The Kier molecular flexibility index (Phi) is 7.20. The molecule has 0 spiro atoms. The number of benzene rings is 1. The van der Waals surface area contributed by atoms with Gasteiger partial charge in [-0.1, -0.05) is 12.1 Å². The van der Waals surface area contributed by atoms with E-state index < -0.39 is 16.1 Å². The van der Waals surface area contributed by atoms with E-state index in [-0.39, 0.29) is 28.7 Å². The molecule has 3 atom stereocenters. The number of carbonyl (C=O) groups is 2. The van der Waals surface area contributed by atoms with Crippen molar-refractivity contribution in [3.8, 4) is 0 Å². The zero-order chi connectivity index (χ0) is 24.5. The fourth-order valence-corrected chi connectivity index (χ4v) is 7.32. The molecule has 2 aromatic rings. The summed E-state index contributed by atoms with van der Waals surface area (Å²) in [5.41, 5.74) is 1.23. The number of fused-ring (bicyclic) bond motifs is 2. The number of nitrogens with zero attached hydrogens (tertiary/aromatic N) is 3. The minimum atomic E-state index is -4.00. The molecule has 34 heavy (non-hydrogen) atoms. The Morgan fingerprint density at radius 2 is 2.09 bits per heavy atom. The highest BCUT2D eigenvalue weighted by Crippen LogP contribution is 2.38. The number of carbonyl (C=O) groups excluding carboxylic acids is 2. The Labute approximate surface area is 208 Å². The number of amides is 2. The Bertz CT molecular complexity index is 1200. The molecule has 2 amide bonds. The Morgan fingerprint density at radius 3 is 2.74 bits per heavy atom. The van der Waals surface area contributed by atoms with Crippen LogP contribution in [-0.2, 0) is 26.2 Å². The van der Waals surface area contributed by atoms with Gasteiger partial charge in [0.15, 0.2) is 0 Å². The van der Waals surface area contributed by atoms with Gasteiger partial charge in [0.1, 0.15) is 6.04 Å². The van der Waals surface area contributed by atoms with Crippen LogP contribution in [0.25, 0.3) is 0 Å². The largest absolute Gasteiger partial charge is 0.335 e. The maximum atomic E-state index is 13.9. The van der Waals surface area contributed by atoms with Crippen LogP contribution < -0.4 is 5.32 Å². The summed E-state index contributed by atoms with van der Waals surface area (Å²) in [5, 5.41) is 2.66. The number of aromatic nitrogens is 1. The van der Waals surface area contributed by atoms with Gasteiger partial charge in [-0.15, -0.1) is 6.58 Å². The summed E-state index contributed by atoms with van der Waals surface area (Å²) in [6.45, 7) is 6.05. The summed E-state index contributed by atoms with van der Waals surface area (Å²) in [7, 11) is -4.00. The smallest absolute Gasteiger partial charge is 0.244 e. The van der Waals surface area contributed by atoms with Crippen molar-refractivity contribution >= 4 is 43.5 Å². The van der Waals surface area contributed by atoms with Crippen LogP contribution in [-0.4, -0.2) is 53.0 Å². The van der Waals surface area contributed by atoms with Gasteiger partial charge in [0.05, 0.1) is 22.8 Å². The number of rotatable bonds is 6. The third-order valence-corrected chi connectivity index (χ3v) is 8.93. The monoisotopic (exact) mass is 546 g/mol. The molecule has 180 valence electrons. The van der Waals surface area contributed by atoms with Gasteiger partial charge >= 0.3 is 0 Å². The van der Waals surface area contributed by atoms with E-state index in [0.717, 1.165) is 12.1 Å². The SMILES string of the molecule is C=C[C@@H]1CN(Cc2ccccn2)C(=O)[C@@H]2CCC[C@H]1N2S(=O)(=O)c1ccc(NC(C)=O)c(Br)c1. The molecule has 1 aromatic heterocycles. The van der Waals surface area contributed by atoms with Crippen LogP contribution in [0.5, 0.6) is 0 Å². The third-order valence-electron chi connectivity index (χ3n) is 6.34. The first-order valence-corrected chi connectivity index (χ1v) is 13.4. The van der Waals surface area contributed by atoms with E-state index >= 15 is 0 Å². The predicted molar refractivity (Wildman–Crippen MR) is 132 cm³/mol. The molecular formula is C24H27BrN4O4S. The molecule has 0 saturated carbocycles. The van der Waals surface area contributed by atoms with Crippen molar-refractivity contribution in [2.24, 2.45) is 5.92 Å². The summed E-state index contributed by atoms with van der Waals surface area (Å²) in [6.07, 6.45) is 5.32. The van der Waals surface area contributed by atoms with Crippen molar-refractivity contribution in [1.82, 2.24) is 14.2 Å². The van der Waals surface area contributed by atoms with Crippen LogP contribution in [0.1, 0.15) is 31.9 Å². The lowest BCUT2D eigenvalue weighted by atomic mass is 9.90. The van der Waals surface area contributed by atoms with E-state index in [4.69, 9.17) is 0 Å². The summed E-state index contributed by atoms with van der Waals surface area (Å²) in [5.74, 6) is -0.683. The van der Waals surface area contributed by atoms with Crippen molar-refractivity contribution in [1.29, 1.82) is 0 Å². The van der Waals surface area contributed by atoms with E-state index in [9.17, 15) is 18.0 Å². The molecule has 0 unspecified atom stereocenters. The number of hydrogen-bond acceptors (Lipinski definition) is 5. The van der Waals surface area contributed by atoms with Crippen molar-refractivity contribution < 1.29 is 18.0 Å². The van der Waals surface area contributed by atoms with E-state index in [1.54, 1.807) is 23.2 Å². The fourth-order valence-electron chi connectivity index (χ4n) is 4.79. The fraction of sp³-hybridized carbons (Fsp3) is 0.375.